The Bertz CT molecular complexity index is 609. The first-order chi connectivity index (χ1) is 11.2. The highest BCUT2D eigenvalue weighted by molar-refractivity contribution is 5.23. The fraction of sp³-hybridized carbons (Fsp3) is 0.400. The van der Waals surface area contributed by atoms with Gasteiger partial charge in [-0.05, 0) is 62.6 Å². The lowest BCUT2D eigenvalue weighted by Crippen LogP contribution is -2.50. The van der Waals surface area contributed by atoms with E-state index in [1.165, 1.54) is 30.5 Å². The van der Waals surface area contributed by atoms with Crippen molar-refractivity contribution in [2.24, 2.45) is 5.92 Å². The zero-order chi connectivity index (χ0) is 16.1. The molecule has 0 radical (unpaired) electrons. The van der Waals surface area contributed by atoms with Gasteiger partial charge in [0.05, 0.1) is 0 Å². The number of hydrogen-bond donors (Lipinski definition) is 1. The van der Waals surface area contributed by atoms with E-state index in [-0.39, 0.29) is 11.5 Å². The fourth-order valence-corrected chi connectivity index (χ4v) is 3.18. The van der Waals surface area contributed by atoms with Gasteiger partial charge in [0.1, 0.15) is 11.6 Å². The Morgan fingerprint density at radius 3 is 2.39 bits per heavy atom. The third-order valence-corrected chi connectivity index (χ3v) is 4.63. The molecule has 1 fully saturated rings. The molecule has 3 rings (SSSR count). The van der Waals surface area contributed by atoms with E-state index < -0.39 is 0 Å². The van der Waals surface area contributed by atoms with Crippen LogP contribution in [0.25, 0.3) is 0 Å². The first-order valence-electron chi connectivity index (χ1n) is 8.39. The van der Waals surface area contributed by atoms with Crippen molar-refractivity contribution < 1.29 is 9.13 Å². The molecule has 0 saturated heterocycles. The van der Waals surface area contributed by atoms with E-state index in [1.807, 2.05) is 13.1 Å². The molecule has 2 aromatic rings. The Balaban J connectivity index is 1.65. The highest BCUT2D eigenvalue weighted by Crippen LogP contribution is 2.43. The summed E-state index contributed by atoms with van der Waals surface area (Å²) >= 11 is 0. The zero-order valence-electron chi connectivity index (χ0n) is 13.6. The summed E-state index contributed by atoms with van der Waals surface area (Å²) < 4.78 is 19.4. The molecule has 0 aliphatic heterocycles. The summed E-state index contributed by atoms with van der Waals surface area (Å²) in [5, 5.41) is 3.41. The van der Waals surface area contributed by atoms with Crippen LogP contribution in [-0.4, -0.2) is 12.8 Å². The molecule has 1 unspecified atom stereocenters. The van der Waals surface area contributed by atoms with Crippen LogP contribution in [0, 0.1) is 11.7 Å². The predicted octanol–water partition coefficient (Wildman–Crippen LogP) is 4.55. The molecule has 1 aliphatic rings. The van der Waals surface area contributed by atoms with E-state index in [0.717, 1.165) is 25.0 Å². The lowest BCUT2D eigenvalue weighted by atomic mass is 9.98. The molecule has 0 amide bonds. The maximum atomic E-state index is 13.1. The third-order valence-electron chi connectivity index (χ3n) is 4.63. The molecule has 2 aromatic carbocycles. The molecule has 1 N–H and O–H groups in total. The van der Waals surface area contributed by atoms with E-state index in [2.05, 4.69) is 29.6 Å². The van der Waals surface area contributed by atoms with Gasteiger partial charge in [0.15, 0.2) is 5.72 Å². The second-order valence-electron chi connectivity index (χ2n) is 6.31. The standard InChI is InChI=1S/C20H24FNO/c1-22-20(17-9-10-17,23-19-13-11-18(21)12-14-19)15-5-8-16-6-3-2-4-7-16/h2-4,6-7,11-14,17,22H,5,8-10,15H2,1H3. The van der Waals surface area contributed by atoms with Crippen LogP contribution >= 0.6 is 0 Å². The molecule has 1 atom stereocenters. The number of benzene rings is 2. The summed E-state index contributed by atoms with van der Waals surface area (Å²) in [5.41, 5.74) is 1.02. The third kappa shape index (κ3) is 4.11. The van der Waals surface area contributed by atoms with E-state index in [4.69, 9.17) is 4.74 Å². The van der Waals surface area contributed by atoms with Crippen LogP contribution in [0.2, 0.25) is 0 Å². The smallest absolute Gasteiger partial charge is 0.163 e. The number of aryl methyl sites for hydroxylation is 1. The van der Waals surface area contributed by atoms with Gasteiger partial charge < -0.3 is 4.74 Å². The number of ether oxygens (including phenoxy) is 1. The zero-order valence-corrected chi connectivity index (χ0v) is 13.6. The molecule has 2 nitrogen and oxygen atoms in total. The Morgan fingerprint density at radius 2 is 1.78 bits per heavy atom. The molecule has 0 heterocycles. The van der Waals surface area contributed by atoms with Crippen LogP contribution in [0.15, 0.2) is 54.6 Å². The summed E-state index contributed by atoms with van der Waals surface area (Å²) in [7, 11) is 1.96. The minimum atomic E-state index is -0.341. The van der Waals surface area contributed by atoms with Crippen LogP contribution in [0.3, 0.4) is 0 Å². The Kier molecular flexibility index (Phi) is 4.97. The van der Waals surface area contributed by atoms with Gasteiger partial charge in [-0.1, -0.05) is 30.3 Å². The molecule has 122 valence electrons. The summed E-state index contributed by atoms with van der Waals surface area (Å²) in [6.45, 7) is 0. The van der Waals surface area contributed by atoms with Gasteiger partial charge in [0.2, 0.25) is 0 Å². The van der Waals surface area contributed by atoms with E-state index in [1.54, 1.807) is 12.1 Å². The van der Waals surface area contributed by atoms with Gasteiger partial charge in [0, 0.05) is 12.3 Å². The quantitative estimate of drug-likeness (QED) is 0.722. The van der Waals surface area contributed by atoms with Gasteiger partial charge in [0.25, 0.3) is 0 Å². The maximum absolute atomic E-state index is 13.1. The lowest BCUT2D eigenvalue weighted by molar-refractivity contribution is 0.00747. The van der Waals surface area contributed by atoms with Gasteiger partial charge in [-0.15, -0.1) is 0 Å². The summed E-state index contributed by atoms with van der Waals surface area (Å²) in [6.07, 6.45) is 5.42. The van der Waals surface area contributed by atoms with Crippen molar-refractivity contribution in [3.8, 4) is 5.75 Å². The van der Waals surface area contributed by atoms with Crippen LogP contribution in [-0.2, 0) is 6.42 Å². The van der Waals surface area contributed by atoms with E-state index in [0.29, 0.717) is 5.92 Å². The topological polar surface area (TPSA) is 21.3 Å². The maximum Gasteiger partial charge on any atom is 0.163 e. The molecular weight excluding hydrogens is 289 g/mol. The van der Waals surface area contributed by atoms with Crippen molar-refractivity contribution in [2.45, 2.75) is 37.8 Å². The second kappa shape index (κ2) is 7.14. The van der Waals surface area contributed by atoms with Crippen molar-refractivity contribution in [1.29, 1.82) is 0 Å². The van der Waals surface area contributed by atoms with Crippen molar-refractivity contribution in [3.63, 3.8) is 0 Å². The molecule has 0 bridgehead atoms. The van der Waals surface area contributed by atoms with Crippen LogP contribution < -0.4 is 10.1 Å². The Labute approximate surface area is 137 Å². The summed E-state index contributed by atoms with van der Waals surface area (Å²) in [4.78, 5) is 0. The van der Waals surface area contributed by atoms with Crippen molar-refractivity contribution in [3.05, 3.63) is 66.0 Å². The molecular formula is C20H24FNO. The Hall–Kier alpha value is -1.87. The first-order valence-corrected chi connectivity index (χ1v) is 8.39. The highest BCUT2D eigenvalue weighted by Gasteiger charge is 2.46. The van der Waals surface area contributed by atoms with Crippen LogP contribution in [0.5, 0.6) is 5.75 Å². The van der Waals surface area contributed by atoms with Crippen molar-refractivity contribution in [1.82, 2.24) is 5.32 Å². The number of halogens is 1. The van der Waals surface area contributed by atoms with Gasteiger partial charge in [-0.2, -0.15) is 0 Å². The average molecular weight is 313 g/mol. The lowest BCUT2D eigenvalue weighted by Gasteiger charge is -2.35. The van der Waals surface area contributed by atoms with Gasteiger partial charge in [-0.3, -0.25) is 5.32 Å². The normalized spacial score (nSPS) is 16.8. The highest BCUT2D eigenvalue weighted by atomic mass is 19.1. The van der Waals surface area contributed by atoms with Crippen molar-refractivity contribution in [2.75, 3.05) is 7.05 Å². The molecule has 3 heteroatoms. The largest absolute Gasteiger partial charge is 0.473 e. The average Bonchev–Trinajstić information content (AvgIpc) is 3.42. The van der Waals surface area contributed by atoms with Gasteiger partial charge in [-0.25, -0.2) is 4.39 Å². The minimum Gasteiger partial charge on any atom is -0.473 e. The molecule has 23 heavy (non-hydrogen) atoms. The van der Waals surface area contributed by atoms with Crippen LogP contribution in [0.4, 0.5) is 4.39 Å². The van der Waals surface area contributed by atoms with E-state index in [9.17, 15) is 4.39 Å². The number of rotatable bonds is 8. The second-order valence-corrected chi connectivity index (χ2v) is 6.31. The van der Waals surface area contributed by atoms with Crippen LogP contribution in [0.1, 0.15) is 31.2 Å². The summed E-state index contributed by atoms with van der Waals surface area (Å²) in [6, 6.07) is 16.9. The minimum absolute atomic E-state index is 0.233. The fourth-order valence-electron chi connectivity index (χ4n) is 3.18. The summed E-state index contributed by atoms with van der Waals surface area (Å²) in [5.74, 6) is 1.03. The SMILES string of the molecule is CNC(CCCc1ccccc1)(Oc1ccc(F)cc1)C1CC1. The van der Waals surface area contributed by atoms with Gasteiger partial charge >= 0.3 is 0 Å². The first kappa shape index (κ1) is 16.0. The predicted molar refractivity (Wildman–Crippen MR) is 90.9 cm³/mol. The van der Waals surface area contributed by atoms with E-state index >= 15 is 0 Å². The molecule has 1 saturated carbocycles. The molecule has 0 spiro atoms. The van der Waals surface area contributed by atoms with Crippen molar-refractivity contribution >= 4 is 0 Å². The monoisotopic (exact) mass is 313 g/mol. The Morgan fingerprint density at radius 1 is 1.09 bits per heavy atom. The number of nitrogens with one attached hydrogen (secondary N) is 1. The molecule has 0 aromatic heterocycles. The molecule has 1 aliphatic carbocycles. The number of hydrogen-bond acceptors (Lipinski definition) is 2.